The standard InChI is InChI=1S/C12H14N2O4S/c1-2-17-12-6-5-11(9-13-12)19(15,16)14-8-10-4-3-7-18-10/h3-7,9,14H,2,8H2,1H3. The quantitative estimate of drug-likeness (QED) is 0.869. The van der Waals surface area contributed by atoms with Gasteiger partial charge in [-0.1, -0.05) is 0 Å². The molecule has 2 aromatic rings. The molecule has 0 aliphatic rings. The number of pyridine rings is 1. The fourth-order valence-electron chi connectivity index (χ4n) is 1.42. The topological polar surface area (TPSA) is 81.4 Å². The van der Waals surface area contributed by atoms with Gasteiger partial charge < -0.3 is 9.15 Å². The molecule has 7 heteroatoms. The third kappa shape index (κ3) is 3.55. The van der Waals surface area contributed by atoms with Crippen LogP contribution in [0.15, 0.2) is 46.0 Å². The van der Waals surface area contributed by atoms with E-state index in [0.717, 1.165) is 0 Å². The first-order valence-corrected chi connectivity index (χ1v) is 7.21. The van der Waals surface area contributed by atoms with Crippen LogP contribution in [0.2, 0.25) is 0 Å². The summed E-state index contributed by atoms with van der Waals surface area (Å²) in [5.74, 6) is 0.940. The Morgan fingerprint density at radius 1 is 1.37 bits per heavy atom. The number of nitrogens with one attached hydrogen (secondary N) is 1. The summed E-state index contributed by atoms with van der Waals surface area (Å²) in [5, 5.41) is 0. The van der Waals surface area contributed by atoms with E-state index in [4.69, 9.17) is 9.15 Å². The van der Waals surface area contributed by atoms with Gasteiger partial charge in [0, 0.05) is 6.07 Å². The van der Waals surface area contributed by atoms with Gasteiger partial charge in [0.2, 0.25) is 15.9 Å². The van der Waals surface area contributed by atoms with E-state index in [1.54, 1.807) is 12.1 Å². The number of aromatic nitrogens is 1. The smallest absolute Gasteiger partial charge is 0.242 e. The third-order valence-corrected chi connectivity index (χ3v) is 3.71. The summed E-state index contributed by atoms with van der Waals surface area (Å²) in [6.07, 6.45) is 2.75. The molecule has 0 amide bonds. The van der Waals surface area contributed by atoms with Crippen LogP contribution in [-0.4, -0.2) is 20.0 Å². The first-order valence-electron chi connectivity index (χ1n) is 5.72. The number of hydrogen-bond donors (Lipinski definition) is 1. The lowest BCUT2D eigenvalue weighted by Crippen LogP contribution is -2.23. The van der Waals surface area contributed by atoms with Crippen molar-refractivity contribution in [1.29, 1.82) is 0 Å². The number of furan rings is 1. The highest BCUT2D eigenvalue weighted by Gasteiger charge is 2.14. The van der Waals surface area contributed by atoms with Gasteiger partial charge in [-0.3, -0.25) is 0 Å². The second-order valence-electron chi connectivity index (χ2n) is 3.67. The molecule has 2 rings (SSSR count). The van der Waals surface area contributed by atoms with Crippen molar-refractivity contribution in [2.75, 3.05) is 6.61 Å². The maximum absolute atomic E-state index is 12.0. The zero-order valence-electron chi connectivity index (χ0n) is 10.4. The predicted octanol–water partition coefficient (Wildman–Crippen LogP) is 1.55. The normalized spacial score (nSPS) is 11.4. The average molecular weight is 282 g/mol. The van der Waals surface area contributed by atoms with E-state index in [-0.39, 0.29) is 11.4 Å². The van der Waals surface area contributed by atoms with Gasteiger partial charge >= 0.3 is 0 Å². The van der Waals surface area contributed by atoms with Crippen molar-refractivity contribution in [2.45, 2.75) is 18.4 Å². The monoisotopic (exact) mass is 282 g/mol. The Morgan fingerprint density at radius 3 is 2.79 bits per heavy atom. The van der Waals surface area contributed by atoms with Gasteiger partial charge in [-0.2, -0.15) is 0 Å². The number of sulfonamides is 1. The SMILES string of the molecule is CCOc1ccc(S(=O)(=O)NCc2ccco2)cn1. The molecule has 0 aromatic carbocycles. The molecule has 0 aliphatic carbocycles. The summed E-state index contributed by atoms with van der Waals surface area (Å²) in [6, 6.07) is 6.36. The second kappa shape index (κ2) is 5.85. The molecule has 6 nitrogen and oxygen atoms in total. The Balaban J connectivity index is 2.06. The lowest BCUT2D eigenvalue weighted by atomic mass is 10.5. The van der Waals surface area contributed by atoms with Gasteiger partial charge in [0.15, 0.2) is 0 Å². The van der Waals surface area contributed by atoms with E-state index in [0.29, 0.717) is 18.2 Å². The van der Waals surface area contributed by atoms with Crippen molar-refractivity contribution in [3.8, 4) is 5.88 Å². The van der Waals surface area contributed by atoms with Crippen molar-refractivity contribution < 1.29 is 17.6 Å². The van der Waals surface area contributed by atoms with E-state index < -0.39 is 10.0 Å². The molecule has 19 heavy (non-hydrogen) atoms. The zero-order chi connectivity index (χ0) is 13.7. The van der Waals surface area contributed by atoms with Gasteiger partial charge in [0.25, 0.3) is 0 Å². The van der Waals surface area contributed by atoms with Gasteiger partial charge in [0.1, 0.15) is 10.7 Å². The molecule has 2 heterocycles. The van der Waals surface area contributed by atoms with Crippen LogP contribution in [0, 0.1) is 0 Å². The van der Waals surface area contributed by atoms with Gasteiger partial charge in [-0.05, 0) is 25.1 Å². The Hall–Kier alpha value is -1.86. The minimum atomic E-state index is -3.60. The Labute approximate surface area is 111 Å². The predicted molar refractivity (Wildman–Crippen MR) is 68.1 cm³/mol. The molecule has 0 atom stereocenters. The zero-order valence-corrected chi connectivity index (χ0v) is 11.2. The molecular formula is C12H14N2O4S. The van der Waals surface area contributed by atoms with E-state index in [1.807, 2.05) is 6.92 Å². The highest BCUT2D eigenvalue weighted by Crippen LogP contribution is 2.12. The van der Waals surface area contributed by atoms with Crippen molar-refractivity contribution in [1.82, 2.24) is 9.71 Å². The molecule has 0 spiro atoms. The number of ether oxygens (including phenoxy) is 1. The molecule has 0 aliphatic heterocycles. The molecule has 2 aromatic heterocycles. The molecule has 0 bridgehead atoms. The van der Waals surface area contributed by atoms with Crippen molar-refractivity contribution >= 4 is 10.0 Å². The number of nitrogens with zero attached hydrogens (tertiary/aromatic N) is 1. The van der Waals surface area contributed by atoms with E-state index >= 15 is 0 Å². The van der Waals surface area contributed by atoms with Crippen molar-refractivity contribution in [2.24, 2.45) is 0 Å². The first-order chi connectivity index (χ1) is 9.12. The van der Waals surface area contributed by atoms with E-state index in [9.17, 15) is 8.42 Å². The summed E-state index contributed by atoms with van der Waals surface area (Å²) in [5.41, 5.74) is 0. The molecule has 0 saturated heterocycles. The Morgan fingerprint density at radius 2 is 2.21 bits per heavy atom. The molecule has 102 valence electrons. The summed E-state index contributed by atoms with van der Waals surface area (Å²) in [7, 11) is -3.60. The Bertz CT molecular complexity index is 606. The van der Waals surface area contributed by atoms with Crippen LogP contribution in [0.1, 0.15) is 12.7 Å². The maximum atomic E-state index is 12.0. The summed E-state index contributed by atoms with van der Waals surface area (Å²) in [4.78, 5) is 4.00. The summed E-state index contributed by atoms with van der Waals surface area (Å²) < 4.78 is 36.6. The van der Waals surface area contributed by atoms with E-state index in [1.165, 1.54) is 24.6 Å². The second-order valence-corrected chi connectivity index (χ2v) is 5.44. The molecule has 1 N–H and O–H groups in total. The lowest BCUT2D eigenvalue weighted by molar-refractivity contribution is 0.326. The van der Waals surface area contributed by atoms with Crippen LogP contribution >= 0.6 is 0 Å². The largest absolute Gasteiger partial charge is 0.478 e. The summed E-state index contributed by atoms with van der Waals surface area (Å²) >= 11 is 0. The minimum absolute atomic E-state index is 0.0857. The van der Waals surface area contributed by atoms with Crippen molar-refractivity contribution in [3.05, 3.63) is 42.5 Å². The number of rotatable bonds is 6. The molecule has 0 fully saturated rings. The van der Waals surface area contributed by atoms with Crippen LogP contribution in [0.3, 0.4) is 0 Å². The highest BCUT2D eigenvalue weighted by atomic mass is 32.2. The van der Waals surface area contributed by atoms with Crippen LogP contribution in [-0.2, 0) is 16.6 Å². The minimum Gasteiger partial charge on any atom is -0.478 e. The van der Waals surface area contributed by atoms with Crippen LogP contribution < -0.4 is 9.46 Å². The summed E-state index contributed by atoms with van der Waals surface area (Å²) in [6.45, 7) is 2.41. The lowest BCUT2D eigenvalue weighted by Gasteiger charge is -2.06. The van der Waals surface area contributed by atoms with E-state index in [2.05, 4.69) is 9.71 Å². The first kappa shape index (κ1) is 13.6. The Kier molecular flexibility index (Phi) is 4.18. The van der Waals surface area contributed by atoms with Gasteiger partial charge in [-0.15, -0.1) is 0 Å². The van der Waals surface area contributed by atoms with Crippen molar-refractivity contribution in [3.63, 3.8) is 0 Å². The van der Waals surface area contributed by atoms with Gasteiger partial charge in [0.05, 0.1) is 25.6 Å². The van der Waals surface area contributed by atoms with Crippen LogP contribution in [0.25, 0.3) is 0 Å². The average Bonchev–Trinajstić information content (AvgIpc) is 2.91. The molecule has 0 radical (unpaired) electrons. The number of hydrogen-bond acceptors (Lipinski definition) is 5. The fourth-order valence-corrected chi connectivity index (χ4v) is 2.36. The van der Waals surface area contributed by atoms with Crippen LogP contribution in [0.5, 0.6) is 5.88 Å². The third-order valence-electron chi connectivity index (χ3n) is 2.33. The fraction of sp³-hybridized carbons (Fsp3) is 0.250. The molecular weight excluding hydrogens is 268 g/mol. The maximum Gasteiger partial charge on any atom is 0.242 e. The molecule has 0 saturated carbocycles. The molecule has 0 unspecified atom stereocenters. The van der Waals surface area contributed by atoms with Crippen LogP contribution in [0.4, 0.5) is 0 Å². The highest BCUT2D eigenvalue weighted by molar-refractivity contribution is 7.89. The van der Waals surface area contributed by atoms with Gasteiger partial charge in [-0.25, -0.2) is 18.1 Å².